The molecule has 96 valence electrons. The van der Waals surface area contributed by atoms with Crippen LogP contribution < -0.4 is 5.73 Å². The first-order chi connectivity index (χ1) is 7.97. The molecular formula is C10H19N5OS. The van der Waals surface area contributed by atoms with Gasteiger partial charge in [-0.3, -0.25) is 0 Å². The molecule has 0 aliphatic carbocycles. The van der Waals surface area contributed by atoms with Crippen LogP contribution in [-0.2, 0) is 7.05 Å². The van der Waals surface area contributed by atoms with Crippen molar-refractivity contribution < 1.29 is 5.21 Å². The van der Waals surface area contributed by atoms with E-state index in [1.165, 1.54) is 0 Å². The number of thioether (sulfide) groups is 1. The maximum Gasteiger partial charge on any atom is 0.190 e. The van der Waals surface area contributed by atoms with E-state index < -0.39 is 0 Å². The lowest BCUT2D eigenvalue weighted by Crippen LogP contribution is -2.31. The first-order valence-corrected chi connectivity index (χ1v) is 6.41. The molecule has 0 saturated carbocycles. The average Bonchev–Trinajstić information content (AvgIpc) is 2.69. The van der Waals surface area contributed by atoms with E-state index in [4.69, 9.17) is 10.9 Å². The predicted octanol–water partition coefficient (Wildman–Crippen LogP) is 1.46. The minimum atomic E-state index is -0.269. The third-order valence-corrected chi connectivity index (χ3v) is 3.77. The predicted molar refractivity (Wildman–Crippen MR) is 68.2 cm³/mol. The molecule has 0 aromatic carbocycles. The van der Waals surface area contributed by atoms with E-state index in [2.05, 4.69) is 15.4 Å². The van der Waals surface area contributed by atoms with Crippen LogP contribution in [0.3, 0.4) is 0 Å². The molecule has 0 saturated heterocycles. The Kier molecular flexibility index (Phi) is 4.80. The summed E-state index contributed by atoms with van der Waals surface area (Å²) in [5.74, 6) is 1.22. The Bertz CT molecular complexity index is 388. The van der Waals surface area contributed by atoms with Crippen molar-refractivity contribution in [2.75, 3.05) is 5.75 Å². The molecule has 6 nitrogen and oxygen atoms in total. The number of rotatable bonds is 6. The van der Waals surface area contributed by atoms with Crippen LogP contribution in [0.5, 0.6) is 0 Å². The van der Waals surface area contributed by atoms with E-state index in [1.807, 2.05) is 25.5 Å². The highest BCUT2D eigenvalue weighted by molar-refractivity contribution is 7.99. The molecule has 1 heterocycles. The third kappa shape index (κ3) is 3.92. The van der Waals surface area contributed by atoms with Gasteiger partial charge >= 0.3 is 0 Å². The number of aryl methyl sites for hydroxylation is 1. The van der Waals surface area contributed by atoms with Gasteiger partial charge in [0.05, 0.1) is 0 Å². The van der Waals surface area contributed by atoms with E-state index in [-0.39, 0.29) is 11.3 Å². The van der Waals surface area contributed by atoms with Gasteiger partial charge in [0, 0.05) is 18.2 Å². The van der Waals surface area contributed by atoms with E-state index in [9.17, 15) is 0 Å². The molecular weight excluding hydrogens is 238 g/mol. The van der Waals surface area contributed by atoms with Crippen molar-refractivity contribution in [1.29, 1.82) is 0 Å². The Morgan fingerprint density at radius 3 is 2.88 bits per heavy atom. The van der Waals surface area contributed by atoms with E-state index in [0.717, 1.165) is 23.8 Å². The van der Waals surface area contributed by atoms with Crippen LogP contribution in [0.25, 0.3) is 0 Å². The maximum absolute atomic E-state index is 8.65. The fraction of sp³-hybridized carbons (Fsp3) is 0.700. The number of hydrogen-bond donors (Lipinski definition) is 2. The maximum atomic E-state index is 8.65. The Morgan fingerprint density at radius 2 is 2.35 bits per heavy atom. The summed E-state index contributed by atoms with van der Waals surface area (Å²) < 4.78 is 1.89. The van der Waals surface area contributed by atoms with Gasteiger partial charge in [-0.15, -0.1) is 10.2 Å². The van der Waals surface area contributed by atoms with Gasteiger partial charge < -0.3 is 15.5 Å². The van der Waals surface area contributed by atoms with Crippen LogP contribution in [0.15, 0.2) is 16.6 Å². The highest BCUT2D eigenvalue weighted by Gasteiger charge is 2.22. The number of hydrogen-bond acceptors (Lipinski definition) is 5. The molecule has 7 heteroatoms. The van der Waals surface area contributed by atoms with Crippen molar-refractivity contribution in [3.8, 4) is 0 Å². The highest BCUT2D eigenvalue weighted by Crippen LogP contribution is 2.25. The van der Waals surface area contributed by atoms with Gasteiger partial charge in [-0.2, -0.15) is 0 Å². The zero-order valence-corrected chi connectivity index (χ0v) is 11.2. The van der Waals surface area contributed by atoms with E-state index >= 15 is 0 Å². The molecule has 0 spiro atoms. The number of amidine groups is 1. The van der Waals surface area contributed by atoms with Gasteiger partial charge in [0.15, 0.2) is 5.16 Å². The number of oxime groups is 1. The number of nitrogens with zero attached hydrogens (tertiary/aromatic N) is 4. The van der Waals surface area contributed by atoms with Crippen molar-refractivity contribution in [1.82, 2.24) is 14.8 Å². The summed E-state index contributed by atoms with van der Waals surface area (Å²) in [6.07, 6.45) is 3.52. The second-order valence-corrected chi connectivity index (χ2v) is 5.61. The van der Waals surface area contributed by atoms with Crippen LogP contribution in [0.1, 0.15) is 26.7 Å². The molecule has 0 bridgehead atoms. The molecule has 0 radical (unpaired) electrons. The second kappa shape index (κ2) is 5.90. The zero-order valence-electron chi connectivity index (χ0n) is 10.4. The van der Waals surface area contributed by atoms with Gasteiger partial charge in [-0.25, -0.2) is 0 Å². The summed E-state index contributed by atoms with van der Waals surface area (Å²) in [5, 5.41) is 20.4. The van der Waals surface area contributed by atoms with E-state index in [1.54, 1.807) is 18.1 Å². The fourth-order valence-corrected chi connectivity index (χ4v) is 2.17. The first-order valence-electron chi connectivity index (χ1n) is 5.42. The minimum absolute atomic E-state index is 0.269. The van der Waals surface area contributed by atoms with Crippen LogP contribution in [0, 0.1) is 5.41 Å². The lowest BCUT2D eigenvalue weighted by atomic mass is 9.87. The summed E-state index contributed by atoms with van der Waals surface area (Å²) >= 11 is 1.66. The molecule has 17 heavy (non-hydrogen) atoms. The normalized spacial score (nSPS) is 13.0. The Balaban J connectivity index is 2.32. The molecule has 0 aliphatic rings. The first kappa shape index (κ1) is 13.8. The van der Waals surface area contributed by atoms with Crippen molar-refractivity contribution >= 4 is 17.6 Å². The molecule has 1 rings (SSSR count). The molecule has 3 N–H and O–H groups in total. The van der Waals surface area contributed by atoms with E-state index in [0.29, 0.717) is 0 Å². The summed E-state index contributed by atoms with van der Waals surface area (Å²) in [6, 6.07) is 0. The lowest BCUT2D eigenvalue weighted by molar-refractivity contribution is 0.305. The molecule has 1 aromatic heterocycles. The topological polar surface area (TPSA) is 89.3 Å². The highest BCUT2D eigenvalue weighted by atomic mass is 32.2. The van der Waals surface area contributed by atoms with Crippen molar-refractivity contribution in [3.05, 3.63) is 6.33 Å². The summed E-state index contributed by atoms with van der Waals surface area (Å²) in [4.78, 5) is 0. The molecule has 1 aromatic rings. The van der Waals surface area contributed by atoms with Crippen LogP contribution in [0.4, 0.5) is 0 Å². The quantitative estimate of drug-likeness (QED) is 0.201. The third-order valence-electron chi connectivity index (χ3n) is 2.65. The molecule has 0 atom stereocenters. The fourth-order valence-electron chi connectivity index (χ4n) is 1.34. The Hall–Kier alpha value is -1.24. The van der Waals surface area contributed by atoms with Gasteiger partial charge in [-0.05, 0) is 12.8 Å². The van der Waals surface area contributed by atoms with Crippen molar-refractivity contribution in [2.24, 2.45) is 23.4 Å². The SMILES string of the molecule is Cn1cnnc1SCCCC(C)(C)C(N)=NO. The Labute approximate surface area is 105 Å². The largest absolute Gasteiger partial charge is 0.409 e. The van der Waals surface area contributed by atoms with Crippen LogP contribution in [0.2, 0.25) is 0 Å². The van der Waals surface area contributed by atoms with Crippen LogP contribution >= 0.6 is 11.8 Å². The standard InChI is InChI=1S/C10H19N5OS/c1-10(2,8(11)14-16)5-4-6-17-9-13-12-7-15(9)3/h7,16H,4-6H2,1-3H3,(H2,11,14). The second-order valence-electron chi connectivity index (χ2n) is 4.55. The summed E-state index contributed by atoms with van der Waals surface area (Å²) in [6.45, 7) is 3.93. The summed E-state index contributed by atoms with van der Waals surface area (Å²) in [7, 11) is 1.92. The smallest absolute Gasteiger partial charge is 0.190 e. The van der Waals surface area contributed by atoms with Gasteiger partial charge in [0.2, 0.25) is 0 Å². The number of aromatic nitrogens is 3. The number of nitrogens with two attached hydrogens (primary N) is 1. The van der Waals surface area contributed by atoms with Gasteiger partial charge in [-0.1, -0.05) is 30.8 Å². The molecule has 0 amide bonds. The van der Waals surface area contributed by atoms with Gasteiger partial charge in [0.1, 0.15) is 12.2 Å². The Morgan fingerprint density at radius 1 is 1.65 bits per heavy atom. The monoisotopic (exact) mass is 257 g/mol. The van der Waals surface area contributed by atoms with Gasteiger partial charge in [0.25, 0.3) is 0 Å². The van der Waals surface area contributed by atoms with Crippen molar-refractivity contribution in [3.63, 3.8) is 0 Å². The van der Waals surface area contributed by atoms with Crippen LogP contribution in [-0.4, -0.2) is 31.6 Å². The average molecular weight is 257 g/mol. The zero-order chi connectivity index (χ0) is 12.9. The van der Waals surface area contributed by atoms with Crippen molar-refractivity contribution in [2.45, 2.75) is 31.8 Å². The molecule has 0 aliphatic heterocycles. The molecule has 0 fully saturated rings. The summed E-state index contributed by atoms with van der Waals surface area (Å²) in [5.41, 5.74) is 5.35. The minimum Gasteiger partial charge on any atom is -0.409 e. The molecule has 0 unspecified atom stereocenters. The lowest BCUT2D eigenvalue weighted by Gasteiger charge is -2.22.